The van der Waals surface area contributed by atoms with Gasteiger partial charge in [-0.15, -0.1) is 0 Å². The van der Waals surface area contributed by atoms with Gasteiger partial charge in [-0.3, -0.25) is 10.9 Å². The predicted molar refractivity (Wildman–Crippen MR) is 93.6 cm³/mol. The maximum atomic E-state index is 5.65. The summed E-state index contributed by atoms with van der Waals surface area (Å²) >= 11 is 5.21. The zero-order valence-electron chi connectivity index (χ0n) is 11.8. The van der Waals surface area contributed by atoms with E-state index in [0.29, 0.717) is 10.8 Å². The normalized spacial score (nSPS) is 9.76. The molecular formula is C16H18N4S. The van der Waals surface area contributed by atoms with Crippen LogP contribution in [0.25, 0.3) is 5.70 Å². The Kier molecular flexibility index (Phi) is 4.79. The molecule has 0 saturated heterocycles. The molecule has 2 aromatic rings. The highest BCUT2D eigenvalue weighted by Crippen LogP contribution is 2.11. The SMILES string of the molecule is C=C(NNC(=S)Nc1ccc(C)cc1)c1ccc(N)cc1. The van der Waals surface area contributed by atoms with E-state index in [1.807, 2.05) is 55.5 Å². The molecule has 0 bridgehead atoms. The van der Waals surface area contributed by atoms with Crippen LogP contribution < -0.4 is 21.9 Å². The first-order chi connectivity index (χ1) is 10.0. The first-order valence-electron chi connectivity index (χ1n) is 6.49. The Labute approximate surface area is 130 Å². The van der Waals surface area contributed by atoms with E-state index in [9.17, 15) is 0 Å². The lowest BCUT2D eigenvalue weighted by Crippen LogP contribution is -2.38. The zero-order chi connectivity index (χ0) is 15.2. The monoisotopic (exact) mass is 298 g/mol. The third-order valence-electron chi connectivity index (χ3n) is 2.90. The van der Waals surface area contributed by atoms with E-state index in [4.69, 9.17) is 18.0 Å². The van der Waals surface area contributed by atoms with Gasteiger partial charge in [-0.1, -0.05) is 36.4 Å². The zero-order valence-corrected chi connectivity index (χ0v) is 12.6. The van der Waals surface area contributed by atoms with Crippen LogP contribution in [0.5, 0.6) is 0 Å². The number of rotatable bonds is 4. The fraction of sp³-hybridized carbons (Fsp3) is 0.0625. The Hall–Kier alpha value is -2.53. The molecule has 5 N–H and O–H groups in total. The van der Waals surface area contributed by atoms with Crippen molar-refractivity contribution in [1.82, 2.24) is 10.9 Å². The molecule has 0 atom stereocenters. The molecule has 0 aliphatic carbocycles. The van der Waals surface area contributed by atoms with E-state index in [0.717, 1.165) is 16.9 Å². The quantitative estimate of drug-likeness (QED) is 0.397. The van der Waals surface area contributed by atoms with Crippen molar-refractivity contribution in [3.05, 3.63) is 66.2 Å². The van der Waals surface area contributed by atoms with Gasteiger partial charge in [0.15, 0.2) is 5.11 Å². The number of anilines is 2. The minimum atomic E-state index is 0.468. The third kappa shape index (κ3) is 4.50. The van der Waals surface area contributed by atoms with Gasteiger partial charge in [-0.2, -0.15) is 0 Å². The smallest absolute Gasteiger partial charge is 0.189 e. The van der Waals surface area contributed by atoms with Crippen LogP contribution in [0, 0.1) is 6.92 Å². The van der Waals surface area contributed by atoms with Crippen molar-refractivity contribution in [2.24, 2.45) is 0 Å². The number of thiocarbonyl (C=S) groups is 1. The summed E-state index contributed by atoms with van der Waals surface area (Å²) in [7, 11) is 0. The summed E-state index contributed by atoms with van der Waals surface area (Å²) in [4.78, 5) is 0. The van der Waals surface area contributed by atoms with E-state index in [1.165, 1.54) is 5.56 Å². The van der Waals surface area contributed by atoms with E-state index < -0.39 is 0 Å². The molecule has 0 aromatic heterocycles. The van der Waals surface area contributed by atoms with E-state index >= 15 is 0 Å². The Morgan fingerprint density at radius 2 is 1.62 bits per heavy atom. The summed E-state index contributed by atoms with van der Waals surface area (Å²) < 4.78 is 0. The maximum absolute atomic E-state index is 5.65. The van der Waals surface area contributed by atoms with Gasteiger partial charge >= 0.3 is 0 Å². The van der Waals surface area contributed by atoms with Gasteiger partial charge in [0.05, 0.1) is 5.70 Å². The van der Waals surface area contributed by atoms with E-state index in [2.05, 4.69) is 22.7 Å². The van der Waals surface area contributed by atoms with Crippen LogP contribution >= 0.6 is 12.2 Å². The lowest BCUT2D eigenvalue weighted by atomic mass is 10.2. The summed E-state index contributed by atoms with van der Waals surface area (Å²) in [5.74, 6) is 0. The fourth-order valence-electron chi connectivity index (χ4n) is 1.69. The molecule has 0 spiro atoms. The molecule has 0 amide bonds. The highest BCUT2D eigenvalue weighted by molar-refractivity contribution is 7.80. The first kappa shape index (κ1) is 14.9. The fourth-order valence-corrected chi connectivity index (χ4v) is 1.86. The van der Waals surface area contributed by atoms with Gasteiger partial charge in [0.1, 0.15) is 0 Å². The van der Waals surface area contributed by atoms with Gasteiger partial charge in [0, 0.05) is 11.4 Å². The van der Waals surface area contributed by atoms with Crippen molar-refractivity contribution >= 4 is 34.4 Å². The number of benzene rings is 2. The van der Waals surface area contributed by atoms with Crippen LogP contribution in [0.15, 0.2) is 55.1 Å². The average molecular weight is 298 g/mol. The largest absolute Gasteiger partial charge is 0.399 e. The summed E-state index contributed by atoms with van der Waals surface area (Å²) in [6.45, 7) is 5.98. The van der Waals surface area contributed by atoms with Gasteiger partial charge in [-0.05, 0) is 49.0 Å². The maximum Gasteiger partial charge on any atom is 0.189 e. The van der Waals surface area contributed by atoms with Crippen LogP contribution in [0.2, 0.25) is 0 Å². The van der Waals surface area contributed by atoms with Crippen LogP contribution in [-0.2, 0) is 0 Å². The highest BCUT2D eigenvalue weighted by Gasteiger charge is 2.00. The molecule has 5 heteroatoms. The van der Waals surface area contributed by atoms with Crippen LogP contribution in [0.3, 0.4) is 0 Å². The van der Waals surface area contributed by atoms with Crippen molar-refractivity contribution in [1.29, 1.82) is 0 Å². The molecule has 2 aromatic carbocycles. The summed E-state index contributed by atoms with van der Waals surface area (Å²) in [6, 6.07) is 15.4. The summed E-state index contributed by atoms with van der Waals surface area (Å²) in [6.07, 6.45) is 0. The Balaban J connectivity index is 1.84. The van der Waals surface area contributed by atoms with Crippen LogP contribution in [-0.4, -0.2) is 5.11 Å². The lowest BCUT2D eigenvalue weighted by molar-refractivity contribution is 0.851. The minimum absolute atomic E-state index is 0.468. The molecule has 0 unspecified atom stereocenters. The molecule has 2 rings (SSSR count). The predicted octanol–water partition coefficient (Wildman–Crippen LogP) is 3.04. The Bertz CT molecular complexity index is 632. The number of nitrogens with one attached hydrogen (secondary N) is 3. The number of nitrogens with two attached hydrogens (primary N) is 1. The van der Waals surface area contributed by atoms with Crippen molar-refractivity contribution < 1.29 is 0 Å². The topological polar surface area (TPSA) is 62.1 Å². The van der Waals surface area contributed by atoms with Crippen LogP contribution in [0.4, 0.5) is 11.4 Å². The van der Waals surface area contributed by atoms with Crippen molar-refractivity contribution in [3.63, 3.8) is 0 Å². The molecule has 21 heavy (non-hydrogen) atoms. The highest BCUT2D eigenvalue weighted by atomic mass is 32.1. The molecule has 0 fully saturated rings. The van der Waals surface area contributed by atoms with Crippen molar-refractivity contribution in [2.75, 3.05) is 11.1 Å². The number of aryl methyl sites for hydroxylation is 1. The number of nitrogen functional groups attached to an aromatic ring is 1. The van der Waals surface area contributed by atoms with Gasteiger partial charge in [0.25, 0.3) is 0 Å². The first-order valence-corrected chi connectivity index (χ1v) is 6.90. The summed E-state index contributed by atoms with van der Waals surface area (Å²) in [5.41, 5.74) is 16.0. The molecule has 108 valence electrons. The molecule has 4 nitrogen and oxygen atoms in total. The van der Waals surface area contributed by atoms with Gasteiger partial charge in [-0.25, -0.2) is 0 Å². The second-order valence-corrected chi connectivity index (χ2v) is 5.08. The van der Waals surface area contributed by atoms with Gasteiger partial charge < -0.3 is 11.1 Å². The lowest BCUT2D eigenvalue weighted by Gasteiger charge is -2.14. The number of hydrazine groups is 1. The van der Waals surface area contributed by atoms with Crippen molar-refractivity contribution in [2.45, 2.75) is 6.92 Å². The van der Waals surface area contributed by atoms with Crippen molar-refractivity contribution in [3.8, 4) is 0 Å². The second kappa shape index (κ2) is 6.76. The van der Waals surface area contributed by atoms with E-state index in [1.54, 1.807) is 0 Å². The van der Waals surface area contributed by atoms with Crippen LogP contribution in [0.1, 0.15) is 11.1 Å². The Morgan fingerprint density at radius 1 is 1.00 bits per heavy atom. The summed E-state index contributed by atoms with van der Waals surface area (Å²) in [5, 5.41) is 3.55. The molecule has 0 aliphatic heterocycles. The standard InChI is InChI=1S/C16H18N4S/c1-11-3-9-15(10-4-11)18-16(21)20-19-12(2)13-5-7-14(17)8-6-13/h3-10,19H,2,17H2,1H3,(H2,18,20,21). The van der Waals surface area contributed by atoms with E-state index in [-0.39, 0.29) is 0 Å². The Morgan fingerprint density at radius 3 is 2.24 bits per heavy atom. The molecule has 0 saturated carbocycles. The number of hydrogen-bond donors (Lipinski definition) is 4. The second-order valence-electron chi connectivity index (χ2n) is 4.67. The average Bonchev–Trinajstić information content (AvgIpc) is 2.48. The molecule has 0 radical (unpaired) electrons. The van der Waals surface area contributed by atoms with Gasteiger partial charge in [0.2, 0.25) is 0 Å². The minimum Gasteiger partial charge on any atom is -0.399 e. The number of hydrogen-bond acceptors (Lipinski definition) is 3. The third-order valence-corrected chi connectivity index (χ3v) is 3.10. The molecule has 0 heterocycles. The molecular weight excluding hydrogens is 280 g/mol. The molecule has 0 aliphatic rings.